The molecule has 0 bridgehead atoms. The third-order valence-corrected chi connectivity index (χ3v) is 11.1. The molecule has 0 spiro atoms. The summed E-state index contributed by atoms with van der Waals surface area (Å²) >= 11 is 1.48. The summed E-state index contributed by atoms with van der Waals surface area (Å²) in [5.41, 5.74) is 34.9. The van der Waals surface area contributed by atoms with Crippen LogP contribution in [0.2, 0.25) is 0 Å². The van der Waals surface area contributed by atoms with E-state index in [2.05, 4.69) is 46.9 Å². The van der Waals surface area contributed by atoms with Crippen LogP contribution in [0.3, 0.4) is 0 Å². The van der Waals surface area contributed by atoms with Crippen molar-refractivity contribution in [1.82, 2.24) is 36.9 Å². The van der Waals surface area contributed by atoms with E-state index in [1.165, 1.54) is 11.8 Å². The van der Waals surface area contributed by atoms with Crippen LogP contribution in [0.1, 0.15) is 90.5 Å². The summed E-state index contributed by atoms with van der Waals surface area (Å²) in [6.07, 6.45) is 5.96. The average molecular weight is 944 g/mol. The Bertz CT molecular complexity index is 1950. The molecule has 0 fully saturated rings. The van der Waals surface area contributed by atoms with E-state index < -0.39 is 71.7 Å². The topological polar surface area (TPSA) is 388 Å². The van der Waals surface area contributed by atoms with Crippen LogP contribution in [-0.4, -0.2) is 126 Å². The molecule has 1 heterocycles. The molecule has 2 aromatic rings. The lowest BCUT2D eigenvalue weighted by Gasteiger charge is -2.28. The van der Waals surface area contributed by atoms with Gasteiger partial charge < -0.3 is 71.3 Å². The number of amides is 7. The number of hydrogen-bond donors (Lipinski definition) is 13. The molecular weight excluding hydrogens is 871 g/mol. The zero-order valence-electron chi connectivity index (χ0n) is 38.7. The summed E-state index contributed by atoms with van der Waals surface area (Å²) in [6, 6.07) is 0.604. The number of thioether (sulfide) groups is 1. The van der Waals surface area contributed by atoms with Crippen molar-refractivity contribution in [2.45, 2.75) is 128 Å². The van der Waals surface area contributed by atoms with Gasteiger partial charge in [-0.3, -0.25) is 43.5 Å². The normalized spacial score (nSPS) is 13.8. The minimum absolute atomic E-state index is 0.0178. The van der Waals surface area contributed by atoms with Crippen molar-refractivity contribution in [3.8, 4) is 0 Å². The third-order valence-electron chi connectivity index (χ3n) is 10.4. The summed E-state index contributed by atoms with van der Waals surface area (Å²) in [4.78, 5) is 106. The summed E-state index contributed by atoms with van der Waals surface area (Å²) < 4.78 is 0. The SMILES string of the molecule is CCC(=O)N[C@@H](CCCN=C(N)N)C(=O)N[C@@H](CC(C)C)C(=O)N[C@@H](CCCN=C(N)N)C(=O)N[C@@H](CCCCN)C(=O)N[C@@H](Cc1c[nH]c2ccccc12)C(=O)N[C@@H](CCSC)C(N)=O. The highest BCUT2D eigenvalue weighted by Gasteiger charge is 2.33. The molecule has 0 radical (unpaired) electrons. The summed E-state index contributed by atoms with van der Waals surface area (Å²) in [6.45, 7) is 5.97. The Morgan fingerprint density at radius 1 is 0.636 bits per heavy atom. The van der Waals surface area contributed by atoms with Gasteiger partial charge in [0.25, 0.3) is 0 Å². The zero-order chi connectivity index (χ0) is 49.2. The molecule has 368 valence electrons. The van der Waals surface area contributed by atoms with Crippen molar-refractivity contribution in [2.24, 2.45) is 50.3 Å². The Morgan fingerprint density at radius 3 is 1.64 bits per heavy atom. The quantitative estimate of drug-likeness (QED) is 0.0227. The number of aliphatic imine (C=N–C) groups is 2. The van der Waals surface area contributed by atoms with E-state index in [0.717, 1.165) is 10.9 Å². The molecule has 2 rings (SSSR count). The Balaban J connectivity index is 2.47. The second-order valence-electron chi connectivity index (χ2n) is 16.3. The van der Waals surface area contributed by atoms with Gasteiger partial charge in [-0.15, -0.1) is 0 Å². The van der Waals surface area contributed by atoms with E-state index in [-0.39, 0.29) is 88.2 Å². The number of unbranched alkanes of at least 4 members (excludes halogenated alkanes) is 1. The number of H-pyrrole nitrogens is 1. The van der Waals surface area contributed by atoms with Gasteiger partial charge in [-0.05, 0) is 93.9 Å². The Kier molecular flexibility index (Phi) is 25.6. The molecule has 1 aromatic carbocycles. The van der Waals surface area contributed by atoms with Gasteiger partial charge in [-0.1, -0.05) is 39.0 Å². The Hall–Kier alpha value is -6.10. The van der Waals surface area contributed by atoms with Crippen LogP contribution >= 0.6 is 11.8 Å². The summed E-state index contributed by atoms with van der Waals surface area (Å²) in [5, 5.41) is 17.3. The van der Waals surface area contributed by atoms with Gasteiger partial charge in [-0.25, -0.2) is 0 Å². The van der Waals surface area contributed by atoms with Crippen molar-refractivity contribution in [2.75, 3.05) is 31.6 Å². The van der Waals surface area contributed by atoms with E-state index in [4.69, 9.17) is 34.4 Å². The third kappa shape index (κ3) is 20.8. The van der Waals surface area contributed by atoms with E-state index in [1.54, 1.807) is 13.1 Å². The van der Waals surface area contributed by atoms with E-state index in [9.17, 15) is 33.6 Å². The van der Waals surface area contributed by atoms with Crippen molar-refractivity contribution < 1.29 is 33.6 Å². The van der Waals surface area contributed by atoms with Crippen molar-refractivity contribution in [3.05, 3.63) is 36.0 Å². The number of guanidine groups is 2. The number of rotatable bonds is 32. The second-order valence-corrected chi connectivity index (χ2v) is 17.3. The van der Waals surface area contributed by atoms with Crippen LogP contribution in [0, 0.1) is 5.92 Å². The molecule has 23 heteroatoms. The monoisotopic (exact) mass is 944 g/mol. The molecule has 1 aromatic heterocycles. The van der Waals surface area contributed by atoms with Crippen LogP contribution in [-0.2, 0) is 40.0 Å². The molecule has 7 amide bonds. The first-order valence-corrected chi connectivity index (χ1v) is 23.7. The minimum atomic E-state index is -1.25. The smallest absolute Gasteiger partial charge is 0.243 e. The maximum Gasteiger partial charge on any atom is 0.243 e. The van der Waals surface area contributed by atoms with Crippen LogP contribution in [0.5, 0.6) is 0 Å². The fourth-order valence-electron chi connectivity index (χ4n) is 6.92. The number of nitrogens with two attached hydrogens (primary N) is 6. The number of nitrogens with one attached hydrogen (secondary N) is 7. The molecule has 0 aliphatic heterocycles. The standard InChI is InChI=1S/C43H73N15O7S/c1-5-35(59)53-30(15-10-19-50-42(46)47)37(61)57-33(22-25(2)3)40(64)56-32(16-11-20-51-43(48)49)38(62)55-31(14-8-9-18-44)39(63)58-34(41(65)54-29(36(45)60)17-21-66-4)23-26-24-52-28-13-7-6-12-27(26)28/h6-7,12-13,24-25,29-34,52H,5,8-11,14-23,44H2,1-4H3,(H2,45,60)(H,53,59)(H,54,65)(H,55,62)(H,56,64)(H,57,61)(H,58,63)(H4,46,47,50)(H4,48,49,51)/t29-,30-,31-,32-,33-,34-/m0/s1. The molecule has 0 saturated heterocycles. The largest absolute Gasteiger partial charge is 0.370 e. The molecule has 0 unspecified atom stereocenters. The summed E-state index contributed by atoms with van der Waals surface area (Å²) in [5.74, 6) is -4.35. The number of aromatic nitrogens is 1. The van der Waals surface area contributed by atoms with Gasteiger partial charge >= 0.3 is 0 Å². The first-order chi connectivity index (χ1) is 31.4. The average Bonchev–Trinajstić information content (AvgIpc) is 3.67. The lowest BCUT2D eigenvalue weighted by atomic mass is 10.0. The number of para-hydroxylation sites is 1. The van der Waals surface area contributed by atoms with E-state index in [1.807, 2.05) is 44.4 Å². The first-order valence-electron chi connectivity index (χ1n) is 22.4. The zero-order valence-corrected chi connectivity index (χ0v) is 39.5. The number of carbonyl (C=O) groups excluding carboxylic acids is 7. The van der Waals surface area contributed by atoms with Crippen LogP contribution in [0.4, 0.5) is 0 Å². The lowest BCUT2D eigenvalue weighted by Crippen LogP contribution is -2.60. The number of primary amides is 1. The Morgan fingerprint density at radius 2 is 1.12 bits per heavy atom. The molecule has 19 N–H and O–H groups in total. The second kappa shape index (κ2) is 30.2. The van der Waals surface area contributed by atoms with Crippen LogP contribution in [0.15, 0.2) is 40.4 Å². The molecule has 22 nitrogen and oxygen atoms in total. The predicted octanol–water partition coefficient (Wildman–Crippen LogP) is -1.45. The van der Waals surface area contributed by atoms with Crippen molar-refractivity contribution >= 4 is 75.9 Å². The predicted molar refractivity (Wildman–Crippen MR) is 258 cm³/mol. The molecule has 0 aliphatic rings. The fraction of sp³-hybridized carbons (Fsp3) is 0.605. The van der Waals surface area contributed by atoms with Gasteiger partial charge in [0.2, 0.25) is 41.4 Å². The summed E-state index contributed by atoms with van der Waals surface area (Å²) in [7, 11) is 0. The van der Waals surface area contributed by atoms with Crippen LogP contribution < -0.4 is 66.3 Å². The number of hydrogen-bond acceptors (Lipinski definition) is 11. The fourth-order valence-corrected chi connectivity index (χ4v) is 7.39. The maximum atomic E-state index is 14.3. The van der Waals surface area contributed by atoms with Gasteiger partial charge in [0, 0.05) is 43.0 Å². The van der Waals surface area contributed by atoms with Crippen molar-refractivity contribution in [3.63, 3.8) is 0 Å². The van der Waals surface area contributed by atoms with Gasteiger partial charge in [-0.2, -0.15) is 11.8 Å². The minimum Gasteiger partial charge on any atom is -0.370 e. The van der Waals surface area contributed by atoms with Crippen molar-refractivity contribution in [1.29, 1.82) is 0 Å². The molecule has 6 atom stereocenters. The number of nitrogens with zero attached hydrogens (tertiary/aromatic N) is 2. The maximum absolute atomic E-state index is 14.3. The van der Waals surface area contributed by atoms with E-state index >= 15 is 0 Å². The molecule has 66 heavy (non-hydrogen) atoms. The molecule has 0 aliphatic carbocycles. The lowest BCUT2D eigenvalue weighted by molar-refractivity contribution is -0.135. The van der Waals surface area contributed by atoms with Gasteiger partial charge in [0.15, 0.2) is 11.9 Å². The van der Waals surface area contributed by atoms with E-state index in [0.29, 0.717) is 37.1 Å². The van der Waals surface area contributed by atoms with Gasteiger partial charge in [0.05, 0.1) is 0 Å². The number of carbonyl (C=O) groups is 7. The highest BCUT2D eigenvalue weighted by Crippen LogP contribution is 2.20. The number of aromatic amines is 1. The highest BCUT2D eigenvalue weighted by molar-refractivity contribution is 7.98. The van der Waals surface area contributed by atoms with Gasteiger partial charge in [0.1, 0.15) is 36.3 Å². The number of benzene rings is 1. The highest BCUT2D eigenvalue weighted by atomic mass is 32.2. The molecule has 0 saturated carbocycles. The first kappa shape index (κ1) is 56.0. The Labute approximate surface area is 390 Å². The molecular formula is C43H73N15O7S. The van der Waals surface area contributed by atoms with Crippen LogP contribution in [0.25, 0.3) is 10.9 Å². The number of fused-ring (bicyclic) bond motifs is 1.